The van der Waals surface area contributed by atoms with Crippen molar-refractivity contribution in [2.24, 2.45) is 11.1 Å². The maximum absolute atomic E-state index is 14.2. The molecule has 0 aliphatic heterocycles. The molecule has 1 aliphatic carbocycles. The lowest BCUT2D eigenvalue weighted by Crippen LogP contribution is -2.31. The third-order valence-corrected chi connectivity index (χ3v) is 5.55. The number of methoxy groups -OCH3 is 1. The van der Waals surface area contributed by atoms with E-state index in [1.807, 2.05) is 12.1 Å². The Labute approximate surface area is 161 Å². The van der Waals surface area contributed by atoms with E-state index in [1.54, 1.807) is 12.1 Å². The molecule has 144 valence electrons. The smallest absolute Gasteiger partial charge is 0.228 e. The van der Waals surface area contributed by atoms with Crippen molar-refractivity contribution in [3.05, 3.63) is 53.6 Å². The lowest BCUT2D eigenvalue weighted by atomic mass is 9.74. The lowest BCUT2D eigenvalue weighted by Gasteiger charge is -2.32. The number of nitrogens with one attached hydrogen (secondary N) is 1. The second kappa shape index (κ2) is 8.71. The van der Waals surface area contributed by atoms with Gasteiger partial charge in [-0.25, -0.2) is 4.39 Å². The van der Waals surface area contributed by atoms with Crippen molar-refractivity contribution in [3.8, 4) is 5.75 Å². The van der Waals surface area contributed by atoms with Crippen molar-refractivity contribution >= 4 is 23.5 Å². The van der Waals surface area contributed by atoms with Crippen molar-refractivity contribution < 1.29 is 18.3 Å². The van der Waals surface area contributed by atoms with Crippen molar-refractivity contribution in [2.75, 3.05) is 12.4 Å². The van der Waals surface area contributed by atoms with E-state index in [9.17, 15) is 13.6 Å². The van der Waals surface area contributed by atoms with Crippen LogP contribution in [0.4, 0.5) is 14.5 Å². The highest BCUT2D eigenvalue weighted by Gasteiger charge is 2.35. The molecule has 0 bridgehead atoms. The molecule has 2 atom stereocenters. The van der Waals surface area contributed by atoms with Gasteiger partial charge in [0.2, 0.25) is 11.7 Å². The van der Waals surface area contributed by atoms with E-state index in [0.29, 0.717) is 17.7 Å². The fraction of sp³-hybridized carbons (Fsp3) is 0.350. The van der Waals surface area contributed by atoms with Crippen LogP contribution in [0.5, 0.6) is 5.75 Å². The number of nitrogens with two attached hydrogens (primary N) is 1. The van der Waals surface area contributed by atoms with E-state index in [4.69, 9.17) is 9.88 Å². The molecule has 2 unspecified atom stereocenters. The fourth-order valence-corrected chi connectivity index (χ4v) is 4.10. The van der Waals surface area contributed by atoms with Crippen LogP contribution in [0.1, 0.15) is 37.2 Å². The average Bonchev–Trinajstić information content (AvgIpc) is 2.70. The van der Waals surface area contributed by atoms with E-state index in [2.05, 4.69) is 5.32 Å². The topological polar surface area (TPSA) is 64.3 Å². The van der Waals surface area contributed by atoms with Crippen LogP contribution in [-0.2, 0) is 4.79 Å². The van der Waals surface area contributed by atoms with E-state index in [1.165, 1.54) is 13.2 Å². The molecule has 1 fully saturated rings. The average molecular weight is 392 g/mol. The molecule has 3 rings (SSSR count). The van der Waals surface area contributed by atoms with Gasteiger partial charge in [0.05, 0.1) is 7.11 Å². The highest BCUT2D eigenvalue weighted by Crippen LogP contribution is 2.43. The third-order valence-electron chi connectivity index (χ3n) is 5.02. The van der Waals surface area contributed by atoms with Crippen LogP contribution in [0.15, 0.2) is 41.3 Å². The Balaban J connectivity index is 1.87. The first-order chi connectivity index (χ1) is 13.0. The van der Waals surface area contributed by atoms with Crippen molar-refractivity contribution in [3.63, 3.8) is 0 Å². The molecular weight excluding hydrogens is 370 g/mol. The summed E-state index contributed by atoms with van der Waals surface area (Å²) >= 11 is 1.11. The summed E-state index contributed by atoms with van der Waals surface area (Å²) in [6, 6.07) is 9.90. The molecule has 0 saturated heterocycles. The zero-order chi connectivity index (χ0) is 19.4. The van der Waals surface area contributed by atoms with Crippen LogP contribution in [-0.4, -0.2) is 13.0 Å². The highest BCUT2D eigenvalue weighted by molar-refractivity contribution is 7.97. The Morgan fingerprint density at radius 1 is 1.22 bits per heavy atom. The predicted molar refractivity (Wildman–Crippen MR) is 103 cm³/mol. The van der Waals surface area contributed by atoms with Gasteiger partial charge in [-0.1, -0.05) is 25.0 Å². The van der Waals surface area contributed by atoms with E-state index >= 15 is 0 Å². The van der Waals surface area contributed by atoms with Gasteiger partial charge in [-0.15, -0.1) is 0 Å². The third kappa shape index (κ3) is 4.25. The zero-order valence-corrected chi connectivity index (χ0v) is 15.8. The number of hydrogen-bond donors (Lipinski definition) is 2. The molecule has 0 radical (unpaired) electrons. The molecule has 27 heavy (non-hydrogen) atoms. The predicted octanol–water partition coefficient (Wildman–Crippen LogP) is 4.85. The van der Waals surface area contributed by atoms with Gasteiger partial charge in [0.25, 0.3) is 0 Å². The summed E-state index contributed by atoms with van der Waals surface area (Å²) in [5.41, 5.74) is 1.21. The monoisotopic (exact) mass is 392 g/mol. The molecule has 0 spiro atoms. The summed E-state index contributed by atoms with van der Waals surface area (Å²) in [7, 11) is 1.31. The fourth-order valence-electron chi connectivity index (χ4n) is 3.75. The minimum Gasteiger partial charge on any atom is -0.493 e. The number of carbonyl (C=O) groups is 1. The van der Waals surface area contributed by atoms with Crippen LogP contribution in [0.2, 0.25) is 0 Å². The number of benzene rings is 2. The first-order valence-corrected chi connectivity index (χ1v) is 9.72. The zero-order valence-electron chi connectivity index (χ0n) is 15.0. The number of hydrogen-bond acceptors (Lipinski definition) is 4. The van der Waals surface area contributed by atoms with Gasteiger partial charge >= 0.3 is 0 Å². The van der Waals surface area contributed by atoms with Crippen molar-refractivity contribution in [2.45, 2.75) is 36.5 Å². The Kier molecular flexibility index (Phi) is 6.34. The van der Waals surface area contributed by atoms with Crippen LogP contribution in [0, 0.1) is 17.6 Å². The molecule has 0 heterocycles. The molecule has 3 N–H and O–H groups in total. The summed E-state index contributed by atoms with van der Waals surface area (Å²) in [6.07, 6.45) is 3.25. The van der Waals surface area contributed by atoms with Crippen LogP contribution >= 0.6 is 11.9 Å². The van der Waals surface area contributed by atoms with Crippen molar-refractivity contribution in [1.29, 1.82) is 0 Å². The Bertz CT molecular complexity index is 832. The maximum atomic E-state index is 14.2. The molecule has 1 aliphatic rings. The summed E-state index contributed by atoms with van der Waals surface area (Å²) in [5, 5.41) is 8.51. The molecule has 0 aromatic heterocycles. The normalized spacial score (nSPS) is 19.6. The first-order valence-electron chi connectivity index (χ1n) is 8.84. The number of carbonyl (C=O) groups excluding carboxylic acids is 1. The van der Waals surface area contributed by atoms with Gasteiger partial charge in [-0.2, -0.15) is 4.39 Å². The van der Waals surface area contributed by atoms with E-state index < -0.39 is 11.6 Å². The van der Waals surface area contributed by atoms with Crippen LogP contribution in [0.3, 0.4) is 0 Å². The number of halogens is 2. The number of ether oxygens (including phenoxy) is 1. The molecule has 7 heteroatoms. The summed E-state index contributed by atoms with van der Waals surface area (Å²) in [4.78, 5) is 13.8. The minimum atomic E-state index is -1.01. The standard InChI is InChI=1S/C20H22F2N2O2S/c1-26-19-15(9-10-17(21)18(19)22)14-7-2-3-8-16(14)20(25)24-12-5-4-6-13(11-12)27-23/h4-6,9-11,14,16H,2-3,7-8,23H2,1H3,(H,24,25). The first kappa shape index (κ1) is 19.6. The van der Waals surface area contributed by atoms with Crippen molar-refractivity contribution in [1.82, 2.24) is 0 Å². The van der Waals surface area contributed by atoms with Crippen LogP contribution in [0.25, 0.3) is 0 Å². The molecule has 4 nitrogen and oxygen atoms in total. The molecular formula is C20H22F2N2O2S. The highest BCUT2D eigenvalue weighted by atomic mass is 32.2. The Morgan fingerprint density at radius 2 is 2.00 bits per heavy atom. The second-order valence-corrected chi connectivity index (χ2v) is 7.32. The summed E-state index contributed by atoms with van der Waals surface area (Å²) in [6.45, 7) is 0. The Morgan fingerprint density at radius 3 is 2.74 bits per heavy atom. The summed E-state index contributed by atoms with van der Waals surface area (Å²) < 4.78 is 32.9. The Hall–Kier alpha value is -2.12. The number of anilines is 1. The number of amides is 1. The SMILES string of the molecule is COc1c(C2CCCCC2C(=O)Nc2cccc(SN)c2)ccc(F)c1F. The number of rotatable bonds is 5. The molecule has 1 saturated carbocycles. The van der Waals surface area contributed by atoms with Crippen LogP contribution < -0.4 is 15.2 Å². The van der Waals surface area contributed by atoms with Gasteiger partial charge < -0.3 is 10.1 Å². The van der Waals surface area contributed by atoms with Gasteiger partial charge in [0.15, 0.2) is 11.6 Å². The van der Waals surface area contributed by atoms with E-state index in [-0.39, 0.29) is 23.5 Å². The largest absolute Gasteiger partial charge is 0.493 e. The maximum Gasteiger partial charge on any atom is 0.228 e. The van der Waals surface area contributed by atoms with E-state index in [0.717, 1.165) is 42.2 Å². The second-order valence-electron chi connectivity index (χ2n) is 6.62. The molecule has 2 aromatic rings. The molecule has 1 amide bonds. The molecule has 2 aromatic carbocycles. The van der Waals surface area contributed by atoms with Gasteiger partial charge in [0.1, 0.15) is 0 Å². The minimum absolute atomic E-state index is 0.110. The summed E-state index contributed by atoms with van der Waals surface area (Å²) in [5.74, 6) is -2.77. The van der Waals surface area contributed by atoms with Gasteiger partial charge in [-0.05, 0) is 55.0 Å². The quantitative estimate of drug-likeness (QED) is 0.714. The van der Waals surface area contributed by atoms with Gasteiger partial charge in [0, 0.05) is 22.1 Å². The lowest BCUT2D eigenvalue weighted by molar-refractivity contribution is -0.121. The van der Waals surface area contributed by atoms with Gasteiger partial charge in [-0.3, -0.25) is 9.93 Å².